The number of nitrogens with zero attached hydrogens (tertiary/aromatic N) is 1. The van der Waals surface area contributed by atoms with Gasteiger partial charge in [0, 0.05) is 23.9 Å². The van der Waals surface area contributed by atoms with Crippen LogP contribution in [0.25, 0.3) is 6.08 Å². The molecule has 1 aromatic rings. The molecule has 5 amide bonds. The fraction of sp³-hybridized carbons (Fsp3) is 0.375. The van der Waals surface area contributed by atoms with Gasteiger partial charge in [0.1, 0.15) is 5.54 Å². The molecule has 0 atom stereocenters. The van der Waals surface area contributed by atoms with E-state index in [-0.39, 0.29) is 18.9 Å². The number of thiophene rings is 1. The molecule has 0 unspecified atom stereocenters. The number of carbonyl (C=O) groups is 4. The van der Waals surface area contributed by atoms with Crippen molar-refractivity contribution >= 4 is 41.2 Å². The van der Waals surface area contributed by atoms with Gasteiger partial charge in [-0.3, -0.25) is 30.1 Å². The first-order valence-electron chi connectivity index (χ1n) is 7.66. The molecule has 1 aromatic heterocycles. The molecule has 0 aromatic carbocycles. The van der Waals surface area contributed by atoms with Gasteiger partial charge in [0.2, 0.25) is 5.91 Å². The standard InChI is InChI=1S/C16H20N4O4S/c1-10-7-9-25-11(10)4-5-12(21)18-19-13(22)6-8-20-14(23)16(2,3)17-15(20)24/h4-5,7,9H,6,8H2,1-3H3,(H,17,24)(H,18,21)(H,19,22). The molecule has 0 saturated carbocycles. The van der Waals surface area contributed by atoms with E-state index in [1.807, 2.05) is 18.4 Å². The van der Waals surface area contributed by atoms with Gasteiger partial charge in [-0.2, -0.15) is 0 Å². The van der Waals surface area contributed by atoms with E-state index in [0.29, 0.717) is 0 Å². The van der Waals surface area contributed by atoms with Crippen LogP contribution in [-0.2, 0) is 14.4 Å². The third-order valence-corrected chi connectivity index (χ3v) is 4.60. The van der Waals surface area contributed by atoms with Gasteiger partial charge in [-0.1, -0.05) is 0 Å². The zero-order valence-electron chi connectivity index (χ0n) is 14.2. The lowest BCUT2D eigenvalue weighted by atomic mass is 10.1. The number of carbonyl (C=O) groups excluding carboxylic acids is 4. The SMILES string of the molecule is Cc1ccsc1C=CC(=O)NNC(=O)CCN1C(=O)NC(C)(C)C1=O. The molecule has 0 radical (unpaired) electrons. The molecular weight excluding hydrogens is 344 g/mol. The largest absolute Gasteiger partial charge is 0.325 e. The number of hydrogen-bond donors (Lipinski definition) is 3. The minimum absolute atomic E-state index is 0.0555. The Morgan fingerprint density at radius 3 is 2.60 bits per heavy atom. The predicted octanol–water partition coefficient (Wildman–Crippen LogP) is 0.938. The van der Waals surface area contributed by atoms with Gasteiger partial charge in [0.25, 0.3) is 11.8 Å². The van der Waals surface area contributed by atoms with Crippen molar-refractivity contribution in [1.29, 1.82) is 0 Å². The first-order valence-corrected chi connectivity index (χ1v) is 8.54. The van der Waals surface area contributed by atoms with Crippen molar-refractivity contribution in [3.05, 3.63) is 28.0 Å². The molecule has 0 bridgehead atoms. The van der Waals surface area contributed by atoms with Crippen molar-refractivity contribution in [3.8, 4) is 0 Å². The lowest BCUT2D eigenvalue weighted by molar-refractivity contribution is -0.131. The van der Waals surface area contributed by atoms with Crippen LogP contribution in [0, 0.1) is 6.92 Å². The topological polar surface area (TPSA) is 108 Å². The Balaban J connectivity index is 1.75. The smallest absolute Gasteiger partial charge is 0.324 e. The molecule has 1 fully saturated rings. The maximum Gasteiger partial charge on any atom is 0.325 e. The second kappa shape index (κ2) is 7.47. The first-order chi connectivity index (χ1) is 11.7. The molecular formula is C16H20N4O4S. The number of amides is 5. The monoisotopic (exact) mass is 364 g/mol. The summed E-state index contributed by atoms with van der Waals surface area (Å²) in [5.41, 5.74) is 4.60. The van der Waals surface area contributed by atoms with E-state index in [9.17, 15) is 19.2 Å². The Hall–Kier alpha value is -2.68. The average Bonchev–Trinajstić information content (AvgIpc) is 3.03. The summed E-state index contributed by atoms with van der Waals surface area (Å²) in [6, 6.07) is 1.42. The third-order valence-electron chi connectivity index (χ3n) is 3.62. The van der Waals surface area contributed by atoms with Crippen molar-refractivity contribution in [2.24, 2.45) is 0 Å². The van der Waals surface area contributed by atoms with Crippen molar-refractivity contribution in [2.75, 3.05) is 6.54 Å². The van der Waals surface area contributed by atoms with Gasteiger partial charge in [-0.25, -0.2) is 4.79 Å². The van der Waals surface area contributed by atoms with Gasteiger partial charge in [-0.05, 0) is 43.9 Å². The maximum atomic E-state index is 12.0. The molecule has 2 heterocycles. The summed E-state index contributed by atoms with van der Waals surface area (Å²) >= 11 is 1.51. The highest BCUT2D eigenvalue weighted by Crippen LogP contribution is 2.17. The summed E-state index contributed by atoms with van der Waals surface area (Å²) in [5, 5.41) is 4.45. The highest BCUT2D eigenvalue weighted by Gasteiger charge is 2.43. The number of rotatable bonds is 5. The Labute approximate surface area is 149 Å². The van der Waals surface area contributed by atoms with Crippen molar-refractivity contribution in [3.63, 3.8) is 0 Å². The lowest BCUT2D eigenvalue weighted by Gasteiger charge is -2.15. The normalized spacial score (nSPS) is 16.2. The number of hydrogen-bond acceptors (Lipinski definition) is 5. The predicted molar refractivity (Wildman–Crippen MR) is 93.3 cm³/mol. The second-order valence-corrected chi connectivity index (χ2v) is 7.05. The van der Waals surface area contributed by atoms with E-state index in [2.05, 4.69) is 16.2 Å². The van der Waals surface area contributed by atoms with Crippen LogP contribution in [0.5, 0.6) is 0 Å². The minimum atomic E-state index is -0.966. The molecule has 25 heavy (non-hydrogen) atoms. The van der Waals surface area contributed by atoms with E-state index in [4.69, 9.17) is 0 Å². The zero-order valence-corrected chi connectivity index (χ0v) is 15.0. The van der Waals surface area contributed by atoms with E-state index in [1.165, 1.54) is 17.4 Å². The molecule has 2 rings (SSSR count). The summed E-state index contributed by atoms with van der Waals surface area (Å²) in [4.78, 5) is 49.0. The average molecular weight is 364 g/mol. The highest BCUT2D eigenvalue weighted by atomic mass is 32.1. The summed E-state index contributed by atoms with van der Waals surface area (Å²) in [5.74, 6) is -1.36. The number of aryl methyl sites for hydroxylation is 1. The van der Waals surface area contributed by atoms with E-state index < -0.39 is 23.4 Å². The maximum absolute atomic E-state index is 12.0. The van der Waals surface area contributed by atoms with Crippen molar-refractivity contribution in [2.45, 2.75) is 32.7 Å². The number of imide groups is 1. The zero-order chi connectivity index (χ0) is 18.6. The minimum Gasteiger partial charge on any atom is -0.324 e. The number of urea groups is 1. The van der Waals surface area contributed by atoms with Gasteiger partial charge in [0.15, 0.2) is 0 Å². The van der Waals surface area contributed by atoms with Crippen LogP contribution in [-0.4, -0.2) is 40.7 Å². The van der Waals surface area contributed by atoms with Gasteiger partial charge in [-0.15, -0.1) is 11.3 Å². The van der Waals surface area contributed by atoms with Crippen molar-refractivity contribution in [1.82, 2.24) is 21.1 Å². The first kappa shape index (κ1) is 18.7. The number of nitrogens with one attached hydrogen (secondary N) is 3. The fourth-order valence-corrected chi connectivity index (χ4v) is 3.00. The molecule has 134 valence electrons. The third kappa shape index (κ3) is 4.66. The summed E-state index contributed by atoms with van der Waals surface area (Å²) in [6.45, 7) is 5.07. The van der Waals surface area contributed by atoms with Crippen LogP contribution in [0.1, 0.15) is 30.7 Å². The molecule has 3 N–H and O–H groups in total. The highest BCUT2D eigenvalue weighted by molar-refractivity contribution is 7.11. The van der Waals surface area contributed by atoms with Crippen LogP contribution in [0.4, 0.5) is 4.79 Å². The van der Waals surface area contributed by atoms with Crippen LogP contribution in [0.15, 0.2) is 17.5 Å². The summed E-state index contributed by atoms with van der Waals surface area (Å²) in [7, 11) is 0. The summed E-state index contributed by atoms with van der Waals surface area (Å²) < 4.78 is 0. The molecule has 1 saturated heterocycles. The Bertz CT molecular complexity index is 738. The Morgan fingerprint density at radius 1 is 1.32 bits per heavy atom. The lowest BCUT2D eigenvalue weighted by Crippen LogP contribution is -2.43. The van der Waals surface area contributed by atoms with Gasteiger partial charge < -0.3 is 5.32 Å². The summed E-state index contributed by atoms with van der Waals surface area (Å²) in [6.07, 6.45) is 2.87. The molecule has 0 aliphatic carbocycles. The molecule has 0 spiro atoms. The van der Waals surface area contributed by atoms with Gasteiger partial charge in [0.05, 0.1) is 0 Å². The van der Waals surface area contributed by atoms with E-state index in [1.54, 1.807) is 19.9 Å². The van der Waals surface area contributed by atoms with Crippen molar-refractivity contribution < 1.29 is 19.2 Å². The quantitative estimate of drug-likeness (QED) is 0.410. The van der Waals surface area contributed by atoms with E-state index in [0.717, 1.165) is 15.3 Å². The van der Waals surface area contributed by atoms with E-state index >= 15 is 0 Å². The number of hydrazine groups is 1. The Morgan fingerprint density at radius 2 is 2.04 bits per heavy atom. The Kier molecular flexibility index (Phi) is 5.58. The van der Waals surface area contributed by atoms with Gasteiger partial charge >= 0.3 is 6.03 Å². The molecule has 9 heteroatoms. The van der Waals surface area contributed by atoms with Crippen LogP contribution in [0.3, 0.4) is 0 Å². The fourth-order valence-electron chi connectivity index (χ4n) is 2.18. The van der Waals surface area contributed by atoms with Crippen LogP contribution in [0.2, 0.25) is 0 Å². The second-order valence-electron chi connectivity index (χ2n) is 6.10. The molecule has 1 aliphatic heterocycles. The molecule has 1 aliphatic rings. The molecule has 8 nitrogen and oxygen atoms in total. The van der Waals surface area contributed by atoms with Crippen LogP contribution < -0.4 is 16.2 Å². The van der Waals surface area contributed by atoms with Crippen LogP contribution >= 0.6 is 11.3 Å².